The van der Waals surface area contributed by atoms with Gasteiger partial charge in [-0.2, -0.15) is 8.42 Å². The first-order valence-corrected chi connectivity index (χ1v) is 6.06. The molecule has 2 rings (SSSR count). The van der Waals surface area contributed by atoms with Crippen molar-refractivity contribution in [2.75, 3.05) is 0 Å². The van der Waals surface area contributed by atoms with Gasteiger partial charge in [-0.15, -0.1) is 12.6 Å². The molecule has 78 valence electrons. The number of hydrogen-bond acceptors (Lipinski definition) is 3. The summed E-state index contributed by atoms with van der Waals surface area (Å²) in [6.07, 6.45) is 0. The molecule has 0 saturated heterocycles. The van der Waals surface area contributed by atoms with Gasteiger partial charge in [0, 0.05) is 4.90 Å². The summed E-state index contributed by atoms with van der Waals surface area (Å²) in [5.41, 5.74) is 0. The highest BCUT2D eigenvalue weighted by Gasteiger charge is 2.09. The summed E-state index contributed by atoms with van der Waals surface area (Å²) < 4.78 is 30.6. The van der Waals surface area contributed by atoms with Gasteiger partial charge in [-0.05, 0) is 35.0 Å². The minimum Gasteiger partial charge on any atom is -0.282 e. The second-order valence-corrected chi connectivity index (χ2v) is 5.11. The summed E-state index contributed by atoms with van der Waals surface area (Å²) in [6, 6.07) is 9.78. The van der Waals surface area contributed by atoms with Gasteiger partial charge in [0.2, 0.25) is 0 Å². The minimum absolute atomic E-state index is 0.0954. The Morgan fingerprint density at radius 2 is 1.60 bits per heavy atom. The molecule has 0 radical (unpaired) electrons. The number of thiol groups is 1. The van der Waals surface area contributed by atoms with E-state index in [2.05, 4.69) is 12.6 Å². The molecule has 0 unspecified atom stereocenters. The van der Waals surface area contributed by atoms with Crippen molar-refractivity contribution in [2.24, 2.45) is 0 Å². The van der Waals surface area contributed by atoms with Gasteiger partial charge >= 0.3 is 0 Å². The molecular formula is C10H8O3S2. The van der Waals surface area contributed by atoms with E-state index in [1.165, 1.54) is 12.1 Å². The van der Waals surface area contributed by atoms with Gasteiger partial charge in [0.25, 0.3) is 10.1 Å². The minimum atomic E-state index is -4.12. The highest BCUT2D eigenvalue weighted by Crippen LogP contribution is 2.21. The maximum absolute atomic E-state index is 10.9. The van der Waals surface area contributed by atoms with Crippen LogP contribution in [0.2, 0.25) is 0 Å². The third-order valence-electron chi connectivity index (χ3n) is 2.09. The number of rotatable bonds is 1. The van der Waals surface area contributed by atoms with Crippen molar-refractivity contribution in [1.82, 2.24) is 0 Å². The van der Waals surface area contributed by atoms with Crippen LogP contribution < -0.4 is 0 Å². The lowest BCUT2D eigenvalue weighted by Gasteiger charge is -2.01. The second kappa shape index (κ2) is 3.52. The molecule has 3 nitrogen and oxygen atoms in total. The lowest BCUT2D eigenvalue weighted by molar-refractivity contribution is 0.483. The summed E-state index contributed by atoms with van der Waals surface area (Å²) in [7, 11) is -4.12. The Balaban J connectivity index is 2.73. The number of hydrogen-bond donors (Lipinski definition) is 2. The fourth-order valence-corrected chi connectivity index (χ4v) is 2.10. The molecule has 0 spiro atoms. The van der Waals surface area contributed by atoms with Gasteiger partial charge in [-0.3, -0.25) is 4.55 Å². The summed E-state index contributed by atoms with van der Waals surface area (Å²) in [5, 5.41) is 1.64. The van der Waals surface area contributed by atoms with Gasteiger partial charge in [0.05, 0.1) is 4.90 Å². The van der Waals surface area contributed by atoms with Crippen LogP contribution in [0.15, 0.2) is 46.2 Å². The van der Waals surface area contributed by atoms with Crippen molar-refractivity contribution in [1.29, 1.82) is 0 Å². The third-order valence-corrected chi connectivity index (χ3v) is 3.22. The van der Waals surface area contributed by atoms with Gasteiger partial charge in [-0.25, -0.2) is 0 Å². The van der Waals surface area contributed by atoms with Crippen LogP contribution in [0.5, 0.6) is 0 Å². The molecule has 0 heterocycles. The van der Waals surface area contributed by atoms with E-state index >= 15 is 0 Å². The van der Waals surface area contributed by atoms with Gasteiger partial charge in [-0.1, -0.05) is 12.1 Å². The predicted octanol–water partition coefficient (Wildman–Crippen LogP) is 2.38. The molecule has 5 heteroatoms. The van der Waals surface area contributed by atoms with Crippen LogP contribution in [0.1, 0.15) is 0 Å². The van der Waals surface area contributed by atoms with Crippen LogP contribution in [-0.2, 0) is 10.1 Å². The topological polar surface area (TPSA) is 54.4 Å². The average molecular weight is 240 g/mol. The van der Waals surface area contributed by atoms with E-state index in [9.17, 15) is 8.42 Å². The van der Waals surface area contributed by atoms with Crippen LogP contribution in [0.4, 0.5) is 0 Å². The van der Waals surface area contributed by atoms with Gasteiger partial charge in [0.15, 0.2) is 0 Å². The second-order valence-electron chi connectivity index (χ2n) is 3.17. The standard InChI is InChI=1S/C10H8O3S2/c11-15(12,13)10-4-2-7-5-9(14)3-1-8(7)6-10/h1-6,14H,(H,11,12,13). The van der Waals surface area contributed by atoms with Crippen LogP contribution in [-0.4, -0.2) is 13.0 Å². The SMILES string of the molecule is O=S(=O)(O)c1ccc2cc(S)ccc2c1. The number of fused-ring (bicyclic) bond motifs is 1. The van der Waals surface area contributed by atoms with Crippen molar-refractivity contribution >= 4 is 33.5 Å². The van der Waals surface area contributed by atoms with Crippen molar-refractivity contribution in [3.05, 3.63) is 36.4 Å². The van der Waals surface area contributed by atoms with Crippen molar-refractivity contribution in [3.63, 3.8) is 0 Å². The summed E-state index contributed by atoms with van der Waals surface area (Å²) in [5.74, 6) is 0. The molecule has 0 fully saturated rings. The fourth-order valence-electron chi connectivity index (χ4n) is 1.37. The fraction of sp³-hybridized carbons (Fsp3) is 0. The van der Waals surface area contributed by atoms with Crippen LogP contribution in [0.25, 0.3) is 10.8 Å². The largest absolute Gasteiger partial charge is 0.294 e. The van der Waals surface area contributed by atoms with E-state index in [0.717, 1.165) is 15.7 Å². The Morgan fingerprint density at radius 1 is 1.00 bits per heavy atom. The van der Waals surface area contributed by atoms with Gasteiger partial charge in [0.1, 0.15) is 0 Å². The van der Waals surface area contributed by atoms with Crippen LogP contribution in [0.3, 0.4) is 0 Å². The molecule has 0 aromatic heterocycles. The third kappa shape index (κ3) is 2.14. The molecule has 0 saturated carbocycles. The van der Waals surface area contributed by atoms with E-state index in [0.29, 0.717) is 0 Å². The zero-order chi connectivity index (χ0) is 11.1. The molecule has 0 aliphatic carbocycles. The predicted molar refractivity (Wildman–Crippen MR) is 61.0 cm³/mol. The first-order valence-electron chi connectivity index (χ1n) is 4.17. The lowest BCUT2D eigenvalue weighted by atomic mass is 10.1. The van der Waals surface area contributed by atoms with Gasteiger partial charge < -0.3 is 0 Å². The number of benzene rings is 2. The lowest BCUT2D eigenvalue weighted by Crippen LogP contribution is -1.97. The van der Waals surface area contributed by atoms with Crippen LogP contribution >= 0.6 is 12.6 Å². The molecule has 0 bridgehead atoms. The first-order chi connectivity index (χ1) is 6.97. The highest BCUT2D eigenvalue weighted by molar-refractivity contribution is 7.85. The van der Waals surface area contributed by atoms with E-state index in [1.807, 2.05) is 6.07 Å². The smallest absolute Gasteiger partial charge is 0.282 e. The first kappa shape index (κ1) is 10.5. The molecule has 0 atom stereocenters. The normalized spacial score (nSPS) is 11.9. The van der Waals surface area contributed by atoms with E-state index in [4.69, 9.17) is 4.55 Å². The zero-order valence-electron chi connectivity index (χ0n) is 7.58. The Hall–Kier alpha value is -1.04. The molecular weight excluding hydrogens is 232 g/mol. The summed E-state index contributed by atoms with van der Waals surface area (Å²) >= 11 is 4.18. The zero-order valence-corrected chi connectivity index (χ0v) is 9.29. The molecule has 0 aliphatic heterocycles. The van der Waals surface area contributed by atoms with Crippen molar-refractivity contribution in [2.45, 2.75) is 9.79 Å². The summed E-state index contributed by atoms with van der Waals surface area (Å²) in [6.45, 7) is 0. The Morgan fingerprint density at radius 3 is 2.27 bits per heavy atom. The Kier molecular flexibility index (Phi) is 2.46. The highest BCUT2D eigenvalue weighted by atomic mass is 32.2. The van der Waals surface area contributed by atoms with Crippen molar-refractivity contribution in [3.8, 4) is 0 Å². The van der Waals surface area contributed by atoms with E-state index < -0.39 is 10.1 Å². The summed E-state index contributed by atoms with van der Waals surface area (Å²) in [4.78, 5) is 0.712. The Bertz CT molecular complexity index is 618. The maximum atomic E-state index is 10.9. The quantitative estimate of drug-likeness (QED) is 0.594. The van der Waals surface area contributed by atoms with E-state index in [-0.39, 0.29) is 4.90 Å². The van der Waals surface area contributed by atoms with Crippen molar-refractivity contribution < 1.29 is 13.0 Å². The maximum Gasteiger partial charge on any atom is 0.294 e. The van der Waals surface area contributed by atoms with Crippen LogP contribution in [0, 0.1) is 0 Å². The Labute approximate surface area is 92.9 Å². The molecule has 0 aliphatic rings. The molecule has 2 aromatic carbocycles. The molecule has 2 aromatic rings. The monoisotopic (exact) mass is 240 g/mol. The average Bonchev–Trinajstić information content (AvgIpc) is 2.15. The molecule has 0 amide bonds. The molecule has 15 heavy (non-hydrogen) atoms. The van der Waals surface area contributed by atoms with E-state index in [1.54, 1.807) is 18.2 Å². The molecule has 1 N–H and O–H groups in total.